The summed E-state index contributed by atoms with van der Waals surface area (Å²) >= 11 is 0. The second kappa shape index (κ2) is 5.34. The Morgan fingerprint density at radius 1 is 1.42 bits per heavy atom. The van der Waals surface area contributed by atoms with E-state index in [0.29, 0.717) is 5.69 Å². The van der Waals surface area contributed by atoms with Gasteiger partial charge in [0.25, 0.3) is 10.0 Å². The minimum Gasteiger partial charge on any atom is -0.321 e. The highest BCUT2D eigenvalue weighted by molar-refractivity contribution is 7.89. The fourth-order valence-corrected chi connectivity index (χ4v) is 2.60. The maximum atomic E-state index is 12.1. The maximum Gasteiger partial charge on any atom is 0.260 e. The van der Waals surface area contributed by atoms with E-state index in [2.05, 4.69) is 20.2 Å². The molecule has 0 aliphatic carbocycles. The van der Waals surface area contributed by atoms with Crippen molar-refractivity contribution in [2.45, 2.75) is 11.6 Å². The van der Waals surface area contributed by atoms with E-state index in [9.17, 15) is 8.42 Å². The Morgan fingerprint density at radius 2 is 2.21 bits per heavy atom. The Hall–Kier alpha value is -1.97. The number of sulfonamides is 1. The number of nitrogens with two attached hydrogens (primary N) is 1. The van der Waals surface area contributed by atoms with E-state index in [-0.39, 0.29) is 17.3 Å². The Bertz CT molecular complexity index is 666. The van der Waals surface area contributed by atoms with Crippen LogP contribution in [0.3, 0.4) is 0 Å². The van der Waals surface area contributed by atoms with Crippen LogP contribution in [0.2, 0.25) is 0 Å². The van der Waals surface area contributed by atoms with Crippen molar-refractivity contribution in [1.29, 1.82) is 0 Å². The second-order valence-corrected chi connectivity index (χ2v) is 5.49. The first kappa shape index (κ1) is 13.5. The van der Waals surface area contributed by atoms with Gasteiger partial charge in [-0.15, -0.1) is 0 Å². The molecule has 9 heteroatoms. The number of hydrogen-bond donors (Lipinski definition) is 3. The molecule has 0 atom stereocenters. The van der Waals surface area contributed by atoms with E-state index in [1.807, 2.05) is 0 Å². The number of anilines is 1. The molecule has 0 saturated carbocycles. The lowest BCUT2D eigenvalue weighted by Gasteiger charge is -2.08. The number of aryl methyl sites for hydroxylation is 1. The molecule has 4 N–H and O–H groups in total. The zero-order valence-electron chi connectivity index (χ0n) is 10.2. The highest BCUT2D eigenvalue weighted by Gasteiger charge is 2.19. The van der Waals surface area contributed by atoms with Crippen LogP contribution in [0, 0.1) is 0 Å². The molecule has 0 saturated heterocycles. The minimum atomic E-state index is -3.74. The van der Waals surface area contributed by atoms with Gasteiger partial charge in [0, 0.05) is 19.4 Å². The van der Waals surface area contributed by atoms with Crippen LogP contribution in [-0.4, -0.2) is 23.2 Å². The predicted octanol–water partition coefficient (Wildman–Crippen LogP) is -0.421. The Balaban J connectivity index is 2.18. The average Bonchev–Trinajstić information content (AvgIpc) is 2.82. The minimum absolute atomic E-state index is 0.0871. The van der Waals surface area contributed by atoms with Crippen molar-refractivity contribution in [3.8, 4) is 0 Å². The summed E-state index contributed by atoms with van der Waals surface area (Å²) < 4.78 is 28.2. The lowest BCUT2D eigenvalue weighted by Crippen LogP contribution is -2.26. The summed E-state index contributed by atoms with van der Waals surface area (Å²) in [7, 11) is -1.99. The molecular weight excluding hydrogens is 268 g/mol. The van der Waals surface area contributed by atoms with Crippen LogP contribution >= 0.6 is 0 Å². The first-order valence-corrected chi connectivity index (χ1v) is 6.91. The normalized spacial score (nSPS) is 11.5. The Labute approximate surface area is 110 Å². The fraction of sp³-hybridized carbons (Fsp3) is 0.200. The van der Waals surface area contributed by atoms with Crippen molar-refractivity contribution in [2.75, 3.05) is 5.43 Å². The summed E-state index contributed by atoms with van der Waals surface area (Å²) in [5.41, 5.74) is 3.15. The molecule has 2 aromatic rings. The highest BCUT2D eigenvalue weighted by atomic mass is 32.2. The van der Waals surface area contributed by atoms with E-state index in [1.54, 1.807) is 30.1 Å². The van der Waals surface area contributed by atoms with Crippen LogP contribution in [-0.2, 0) is 23.6 Å². The zero-order chi connectivity index (χ0) is 13.9. The molecule has 0 aliphatic rings. The predicted molar refractivity (Wildman–Crippen MR) is 69.3 cm³/mol. The summed E-state index contributed by atoms with van der Waals surface area (Å²) in [5, 5.41) is 3.93. The van der Waals surface area contributed by atoms with Gasteiger partial charge in [-0.2, -0.15) is 5.10 Å². The molecule has 0 aromatic carbocycles. The van der Waals surface area contributed by atoms with Crippen molar-refractivity contribution in [1.82, 2.24) is 19.5 Å². The molecular formula is C10H14N6O2S. The lowest BCUT2D eigenvalue weighted by atomic mass is 10.4. The van der Waals surface area contributed by atoms with Crippen LogP contribution in [0.1, 0.15) is 5.69 Å². The molecule has 0 unspecified atom stereocenters. The van der Waals surface area contributed by atoms with E-state index in [0.717, 1.165) is 0 Å². The molecule has 0 spiro atoms. The van der Waals surface area contributed by atoms with Crippen LogP contribution in [0.25, 0.3) is 0 Å². The van der Waals surface area contributed by atoms with E-state index in [1.165, 1.54) is 12.3 Å². The number of hydrazine groups is 1. The summed E-state index contributed by atoms with van der Waals surface area (Å²) in [4.78, 5) is 3.82. The SMILES string of the molecule is Cn1ccc(CNS(=O)(=O)c2ncccc2NN)n1. The molecule has 0 aliphatic heterocycles. The third kappa shape index (κ3) is 3.08. The number of hydrogen-bond acceptors (Lipinski definition) is 6. The van der Waals surface area contributed by atoms with Gasteiger partial charge in [-0.05, 0) is 18.2 Å². The molecule has 0 radical (unpaired) electrons. The van der Waals surface area contributed by atoms with Gasteiger partial charge in [0.2, 0.25) is 0 Å². The van der Waals surface area contributed by atoms with E-state index < -0.39 is 10.0 Å². The summed E-state index contributed by atoms with van der Waals surface area (Å²) in [6.07, 6.45) is 3.12. The smallest absolute Gasteiger partial charge is 0.260 e. The van der Waals surface area contributed by atoms with E-state index in [4.69, 9.17) is 5.84 Å². The van der Waals surface area contributed by atoms with Crippen LogP contribution < -0.4 is 16.0 Å². The standard InChI is InChI=1S/C10H14N6O2S/c1-16-6-4-8(15-16)7-13-19(17,18)10-9(14-11)3-2-5-12-10/h2-6,13-14H,7,11H2,1H3. The molecule has 2 aromatic heterocycles. The summed E-state index contributed by atoms with van der Waals surface area (Å²) in [6.45, 7) is 0.0871. The molecule has 19 heavy (non-hydrogen) atoms. The maximum absolute atomic E-state index is 12.1. The van der Waals surface area contributed by atoms with Gasteiger partial charge < -0.3 is 5.43 Å². The Morgan fingerprint density at radius 3 is 2.84 bits per heavy atom. The van der Waals surface area contributed by atoms with Crippen molar-refractivity contribution in [3.63, 3.8) is 0 Å². The van der Waals surface area contributed by atoms with Crippen molar-refractivity contribution in [2.24, 2.45) is 12.9 Å². The first-order chi connectivity index (χ1) is 9.03. The molecule has 0 bridgehead atoms. The number of aromatic nitrogens is 3. The number of nitrogens with zero attached hydrogens (tertiary/aromatic N) is 3. The number of nitrogens with one attached hydrogen (secondary N) is 2. The van der Waals surface area contributed by atoms with Gasteiger partial charge >= 0.3 is 0 Å². The molecule has 0 amide bonds. The van der Waals surface area contributed by atoms with Crippen molar-refractivity contribution >= 4 is 15.7 Å². The van der Waals surface area contributed by atoms with Gasteiger partial charge in [-0.1, -0.05) is 0 Å². The lowest BCUT2D eigenvalue weighted by molar-refractivity contribution is 0.576. The van der Waals surface area contributed by atoms with Gasteiger partial charge in [0.1, 0.15) is 0 Å². The van der Waals surface area contributed by atoms with Gasteiger partial charge in [-0.25, -0.2) is 18.1 Å². The van der Waals surface area contributed by atoms with Gasteiger partial charge in [0.05, 0.1) is 17.9 Å². The van der Waals surface area contributed by atoms with Gasteiger partial charge in [0.15, 0.2) is 5.03 Å². The summed E-state index contributed by atoms with van der Waals surface area (Å²) in [6, 6.07) is 4.85. The highest BCUT2D eigenvalue weighted by Crippen LogP contribution is 2.16. The molecule has 2 heterocycles. The second-order valence-electron chi connectivity index (χ2n) is 3.81. The number of rotatable bonds is 5. The molecule has 0 fully saturated rings. The number of pyridine rings is 1. The zero-order valence-corrected chi connectivity index (χ0v) is 11.1. The van der Waals surface area contributed by atoms with Crippen LogP contribution in [0.15, 0.2) is 35.6 Å². The first-order valence-electron chi connectivity index (χ1n) is 5.43. The molecule has 2 rings (SSSR count). The van der Waals surface area contributed by atoms with Crippen molar-refractivity contribution in [3.05, 3.63) is 36.3 Å². The quantitative estimate of drug-likeness (QED) is 0.507. The largest absolute Gasteiger partial charge is 0.321 e. The van der Waals surface area contributed by atoms with Crippen LogP contribution in [0.4, 0.5) is 5.69 Å². The number of nitrogen functional groups attached to an aromatic ring is 1. The fourth-order valence-electron chi connectivity index (χ4n) is 1.51. The molecule has 102 valence electrons. The molecule has 8 nitrogen and oxygen atoms in total. The monoisotopic (exact) mass is 282 g/mol. The average molecular weight is 282 g/mol. The van der Waals surface area contributed by atoms with Gasteiger partial charge in [-0.3, -0.25) is 10.5 Å². The third-order valence-corrected chi connectivity index (χ3v) is 3.75. The van der Waals surface area contributed by atoms with Crippen molar-refractivity contribution < 1.29 is 8.42 Å². The van der Waals surface area contributed by atoms with Crippen LogP contribution in [0.5, 0.6) is 0 Å². The Kier molecular flexibility index (Phi) is 3.79. The summed E-state index contributed by atoms with van der Waals surface area (Å²) in [5.74, 6) is 5.26. The third-order valence-electron chi connectivity index (χ3n) is 2.39. The topological polar surface area (TPSA) is 115 Å². The van der Waals surface area contributed by atoms with E-state index >= 15 is 0 Å².